The molecule has 24 heavy (non-hydrogen) atoms. The highest BCUT2D eigenvalue weighted by atomic mass is 16.2. The van der Waals surface area contributed by atoms with Crippen LogP contribution in [-0.2, 0) is 11.2 Å². The first-order chi connectivity index (χ1) is 11.5. The van der Waals surface area contributed by atoms with E-state index in [1.54, 1.807) is 0 Å². The summed E-state index contributed by atoms with van der Waals surface area (Å²) in [6.45, 7) is 6.05. The third-order valence-electron chi connectivity index (χ3n) is 5.66. The molecule has 3 rings (SSSR count). The molecule has 0 aliphatic carbocycles. The minimum atomic E-state index is -0.769. The van der Waals surface area contributed by atoms with Crippen LogP contribution in [-0.4, -0.2) is 41.5 Å². The number of nitrogens with one attached hydrogen (secondary N) is 2. The summed E-state index contributed by atoms with van der Waals surface area (Å²) < 4.78 is 0. The van der Waals surface area contributed by atoms with Crippen molar-refractivity contribution >= 4 is 11.9 Å². The van der Waals surface area contributed by atoms with Gasteiger partial charge in [0.15, 0.2) is 0 Å². The fourth-order valence-electron chi connectivity index (χ4n) is 3.93. The van der Waals surface area contributed by atoms with Crippen LogP contribution in [0.1, 0.15) is 38.7 Å². The summed E-state index contributed by atoms with van der Waals surface area (Å²) in [7, 11) is 0. The highest BCUT2D eigenvalue weighted by Gasteiger charge is 2.49. The molecule has 2 N–H and O–H groups in total. The average Bonchev–Trinajstić information content (AvgIpc) is 2.87. The number of urea groups is 1. The van der Waals surface area contributed by atoms with Gasteiger partial charge in [-0.05, 0) is 51.6 Å². The molecule has 3 atom stereocenters. The number of piperidine rings is 1. The van der Waals surface area contributed by atoms with E-state index in [-0.39, 0.29) is 17.9 Å². The Kier molecular flexibility index (Phi) is 4.90. The van der Waals surface area contributed by atoms with Crippen LogP contribution < -0.4 is 10.6 Å². The van der Waals surface area contributed by atoms with E-state index in [0.29, 0.717) is 6.04 Å². The number of amides is 3. The fraction of sp³-hybridized carbons (Fsp3) is 0.579. The number of benzene rings is 1. The van der Waals surface area contributed by atoms with Crippen molar-refractivity contribution in [3.63, 3.8) is 0 Å². The number of rotatable bonds is 5. The molecule has 2 heterocycles. The van der Waals surface area contributed by atoms with Crippen molar-refractivity contribution in [1.29, 1.82) is 0 Å². The second-order valence-electron chi connectivity index (χ2n) is 7.32. The molecule has 2 fully saturated rings. The van der Waals surface area contributed by atoms with E-state index in [4.69, 9.17) is 0 Å². The van der Waals surface area contributed by atoms with Gasteiger partial charge in [-0.2, -0.15) is 0 Å². The van der Waals surface area contributed by atoms with Gasteiger partial charge in [0.2, 0.25) is 0 Å². The molecule has 5 heteroatoms. The van der Waals surface area contributed by atoms with Crippen LogP contribution in [0.3, 0.4) is 0 Å². The van der Waals surface area contributed by atoms with E-state index >= 15 is 0 Å². The van der Waals surface area contributed by atoms with Crippen molar-refractivity contribution in [2.45, 2.75) is 51.1 Å². The summed E-state index contributed by atoms with van der Waals surface area (Å²) in [4.78, 5) is 26.2. The van der Waals surface area contributed by atoms with E-state index in [1.165, 1.54) is 5.56 Å². The molecule has 0 saturated carbocycles. The number of carbonyl (C=O) groups excluding carboxylic acids is 2. The lowest BCUT2D eigenvalue weighted by molar-refractivity contribution is -0.126. The summed E-state index contributed by atoms with van der Waals surface area (Å²) in [6, 6.07) is 10.7. The Morgan fingerprint density at radius 1 is 1.29 bits per heavy atom. The van der Waals surface area contributed by atoms with Gasteiger partial charge >= 0.3 is 6.03 Å². The van der Waals surface area contributed by atoms with Crippen LogP contribution >= 0.6 is 0 Å². The number of likely N-dealkylation sites (tertiary alicyclic amines) is 1. The number of aryl methyl sites for hydroxylation is 1. The van der Waals surface area contributed by atoms with Gasteiger partial charge in [0.05, 0.1) is 0 Å². The Hall–Kier alpha value is -1.88. The van der Waals surface area contributed by atoms with Crippen molar-refractivity contribution in [3.8, 4) is 0 Å². The summed E-state index contributed by atoms with van der Waals surface area (Å²) in [5, 5.41) is 5.23. The molecule has 0 radical (unpaired) electrons. The lowest BCUT2D eigenvalue weighted by Gasteiger charge is -2.42. The summed E-state index contributed by atoms with van der Waals surface area (Å²) >= 11 is 0. The Balaban J connectivity index is 1.59. The quantitative estimate of drug-likeness (QED) is 0.815. The van der Waals surface area contributed by atoms with Crippen LogP contribution in [0.4, 0.5) is 4.79 Å². The van der Waals surface area contributed by atoms with Crippen LogP contribution in [0.25, 0.3) is 0 Å². The van der Waals surface area contributed by atoms with Crippen molar-refractivity contribution < 1.29 is 9.59 Å². The first-order valence-corrected chi connectivity index (χ1v) is 8.90. The number of hydrogen-bond acceptors (Lipinski definition) is 3. The molecular formula is C19H27N3O2. The molecule has 130 valence electrons. The molecular weight excluding hydrogens is 302 g/mol. The SMILES string of the molecule is C[C@H](CCc1ccccc1)N1CCC[C@H]([C@]2(C)NC(=O)NC2=O)C1. The smallest absolute Gasteiger partial charge is 0.322 e. The fourth-order valence-corrected chi connectivity index (χ4v) is 3.93. The zero-order chi connectivity index (χ0) is 17.2. The Labute approximate surface area is 143 Å². The van der Waals surface area contributed by atoms with E-state index in [9.17, 15) is 9.59 Å². The molecule has 0 bridgehead atoms. The van der Waals surface area contributed by atoms with E-state index in [0.717, 1.165) is 38.8 Å². The maximum absolute atomic E-state index is 12.2. The van der Waals surface area contributed by atoms with Gasteiger partial charge < -0.3 is 10.2 Å². The summed E-state index contributed by atoms with van der Waals surface area (Å²) in [5.74, 6) is -0.0202. The Morgan fingerprint density at radius 3 is 2.71 bits per heavy atom. The molecule has 2 aliphatic heterocycles. The number of nitrogens with zero attached hydrogens (tertiary/aromatic N) is 1. The Morgan fingerprint density at radius 2 is 2.04 bits per heavy atom. The maximum atomic E-state index is 12.2. The summed E-state index contributed by atoms with van der Waals surface area (Å²) in [6.07, 6.45) is 4.22. The predicted octanol–water partition coefficient (Wildman–Crippen LogP) is 2.32. The molecule has 3 amide bonds. The highest BCUT2D eigenvalue weighted by molar-refractivity contribution is 6.06. The highest BCUT2D eigenvalue weighted by Crippen LogP contribution is 2.31. The molecule has 5 nitrogen and oxygen atoms in total. The monoisotopic (exact) mass is 329 g/mol. The van der Waals surface area contributed by atoms with Crippen LogP contribution in [0, 0.1) is 5.92 Å². The third kappa shape index (κ3) is 3.46. The topological polar surface area (TPSA) is 61.4 Å². The van der Waals surface area contributed by atoms with Crippen molar-refractivity contribution in [2.75, 3.05) is 13.1 Å². The Bertz CT molecular complexity index is 604. The minimum Gasteiger partial charge on any atom is -0.323 e. The van der Waals surface area contributed by atoms with Gasteiger partial charge in [0.25, 0.3) is 5.91 Å². The minimum absolute atomic E-state index is 0.164. The van der Waals surface area contributed by atoms with Crippen LogP contribution in [0.5, 0.6) is 0 Å². The molecule has 0 spiro atoms. The second-order valence-corrected chi connectivity index (χ2v) is 7.32. The molecule has 0 unspecified atom stereocenters. The van der Waals surface area contributed by atoms with Crippen molar-refractivity contribution in [2.24, 2.45) is 5.92 Å². The van der Waals surface area contributed by atoms with Gasteiger partial charge in [-0.1, -0.05) is 30.3 Å². The second kappa shape index (κ2) is 6.93. The maximum Gasteiger partial charge on any atom is 0.322 e. The van der Waals surface area contributed by atoms with E-state index in [2.05, 4.69) is 46.7 Å². The van der Waals surface area contributed by atoms with Gasteiger partial charge in [0.1, 0.15) is 5.54 Å². The standard InChI is InChI=1S/C19H27N3O2/c1-14(10-11-15-7-4-3-5-8-15)22-12-6-9-16(13-22)19(2)17(23)20-18(24)21-19/h3-5,7-8,14,16H,6,9-13H2,1-2H3,(H2,20,21,23,24)/t14-,16+,19+/m1/s1. The van der Waals surface area contributed by atoms with Gasteiger partial charge in [-0.15, -0.1) is 0 Å². The predicted molar refractivity (Wildman–Crippen MR) is 93.6 cm³/mol. The van der Waals surface area contributed by atoms with Crippen molar-refractivity contribution in [1.82, 2.24) is 15.5 Å². The third-order valence-corrected chi connectivity index (χ3v) is 5.66. The van der Waals surface area contributed by atoms with Crippen molar-refractivity contribution in [3.05, 3.63) is 35.9 Å². The molecule has 1 aromatic carbocycles. The van der Waals surface area contributed by atoms with Gasteiger partial charge in [-0.25, -0.2) is 4.79 Å². The van der Waals surface area contributed by atoms with E-state index < -0.39 is 5.54 Å². The number of carbonyl (C=O) groups is 2. The zero-order valence-corrected chi connectivity index (χ0v) is 14.5. The first kappa shape index (κ1) is 17.0. The van der Waals surface area contributed by atoms with Gasteiger partial charge in [0, 0.05) is 18.5 Å². The van der Waals surface area contributed by atoms with Crippen LogP contribution in [0.15, 0.2) is 30.3 Å². The molecule has 0 aromatic heterocycles. The summed E-state index contributed by atoms with van der Waals surface area (Å²) in [5.41, 5.74) is 0.599. The lowest BCUT2D eigenvalue weighted by atomic mass is 9.79. The average molecular weight is 329 g/mol. The zero-order valence-electron chi connectivity index (χ0n) is 14.5. The number of imide groups is 1. The normalized spacial score (nSPS) is 29.2. The number of hydrogen-bond donors (Lipinski definition) is 2. The van der Waals surface area contributed by atoms with Crippen LogP contribution in [0.2, 0.25) is 0 Å². The first-order valence-electron chi connectivity index (χ1n) is 8.90. The molecule has 2 aliphatic rings. The largest absolute Gasteiger partial charge is 0.323 e. The van der Waals surface area contributed by atoms with Gasteiger partial charge in [-0.3, -0.25) is 10.1 Å². The molecule has 2 saturated heterocycles. The van der Waals surface area contributed by atoms with E-state index in [1.807, 2.05) is 13.0 Å². The molecule has 1 aromatic rings. The lowest BCUT2D eigenvalue weighted by Crippen LogP contribution is -2.56.